The Morgan fingerprint density at radius 2 is 1.78 bits per heavy atom. The van der Waals surface area contributed by atoms with Crippen molar-refractivity contribution in [3.05, 3.63) is 34.3 Å². The van der Waals surface area contributed by atoms with Gasteiger partial charge in [0.15, 0.2) is 0 Å². The van der Waals surface area contributed by atoms with Crippen LogP contribution in [0.2, 0.25) is 5.02 Å². The lowest BCUT2D eigenvalue weighted by molar-refractivity contribution is 0.0944. The van der Waals surface area contributed by atoms with Crippen LogP contribution >= 0.6 is 11.6 Å². The molecule has 1 aliphatic carbocycles. The SMILES string of the molecule is CCN(CC)CCCc1ccc(Cl)c(C(=O)NCC2CCCCCCC2)c1. The monoisotopic (exact) mass is 392 g/mol. The summed E-state index contributed by atoms with van der Waals surface area (Å²) < 4.78 is 0. The van der Waals surface area contributed by atoms with Gasteiger partial charge in [-0.05, 0) is 68.9 Å². The number of hydrogen-bond donors (Lipinski definition) is 1. The third-order valence-electron chi connectivity index (χ3n) is 5.89. The fraction of sp³-hybridized carbons (Fsp3) is 0.696. The van der Waals surface area contributed by atoms with Gasteiger partial charge in [0.25, 0.3) is 5.91 Å². The van der Waals surface area contributed by atoms with Crippen LogP contribution in [0.3, 0.4) is 0 Å². The average Bonchev–Trinajstić information content (AvgIpc) is 2.65. The maximum Gasteiger partial charge on any atom is 0.252 e. The van der Waals surface area contributed by atoms with Crippen LogP contribution in [-0.2, 0) is 6.42 Å². The quantitative estimate of drug-likeness (QED) is 0.584. The second-order valence-electron chi connectivity index (χ2n) is 7.87. The lowest BCUT2D eigenvalue weighted by Gasteiger charge is -2.20. The predicted molar refractivity (Wildman–Crippen MR) is 116 cm³/mol. The zero-order valence-electron chi connectivity index (χ0n) is 17.2. The molecule has 0 atom stereocenters. The summed E-state index contributed by atoms with van der Waals surface area (Å²) in [6.07, 6.45) is 11.2. The molecule has 4 heteroatoms. The average molecular weight is 393 g/mol. The highest BCUT2D eigenvalue weighted by Crippen LogP contribution is 2.22. The normalized spacial score (nSPS) is 16.1. The third-order valence-corrected chi connectivity index (χ3v) is 6.22. The molecule has 0 unspecified atom stereocenters. The van der Waals surface area contributed by atoms with E-state index in [1.807, 2.05) is 12.1 Å². The van der Waals surface area contributed by atoms with Crippen LogP contribution in [0.5, 0.6) is 0 Å². The van der Waals surface area contributed by atoms with Crippen LogP contribution in [0.15, 0.2) is 18.2 Å². The van der Waals surface area contributed by atoms with Crippen molar-refractivity contribution in [1.29, 1.82) is 0 Å². The molecule has 0 aliphatic heterocycles. The molecule has 0 heterocycles. The molecule has 152 valence electrons. The Morgan fingerprint density at radius 3 is 2.44 bits per heavy atom. The summed E-state index contributed by atoms with van der Waals surface area (Å²) in [6, 6.07) is 5.91. The molecule has 0 aromatic heterocycles. The third kappa shape index (κ3) is 7.83. The van der Waals surface area contributed by atoms with Gasteiger partial charge >= 0.3 is 0 Å². The summed E-state index contributed by atoms with van der Waals surface area (Å²) in [7, 11) is 0. The molecule has 1 aromatic carbocycles. The number of nitrogens with zero attached hydrogens (tertiary/aromatic N) is 1. The maximum atomic E-state index is 12.7. The van der Waals surface area contributed by atoms with Crippen molar-refractivity contribution < 1.29 is 4.79 Å². The van der Waals surface area contributed by atoms with Crippen molar-refractivity contribution in [2.24, 2.45) is 5.92 Å². The molecule has 0 radical (unpaired) electrons. The molecule has 1 saturated carbocycles. The van der Waals surface area contributed by atoms with Crippen LogP contribution in [0.4, 0.5) is 0 Å². The summed E-state index contributed by atoms with van der Waals surface area (Å²) in [4.78, 5) is 15.1. The van der Waals surface area contributed by atoms with Crippen LogP contribution < -0.4 is 5.32 Å². The van der Waals surface area contributed by atoms with Crippen molar-refractivity contribution in [1.82, 2.24) is 10.2 Å². The first-order valence-electron chi connectivity index (χ1n) is 10.9. The molecular formula is C23H37ClN2O. The zero-order valence-corrected chi connectivity index (χ0v) is 18.0. The highest BCUT2D eigenvalue weighted by molar-refractivity contribution is 6.33. The van der Waals surface area contributed by atoms with E-state index in [1.54, 1.807) is 0 Å². The minimum atomic E-state index is -0.0207. The Balaban J connectivity index is 1.87. The number of carbonyl (C=O) groups excluding carboxylic acids is 1. The van der Waals surface area contributed by atoms with E-state index in [0.29, 0.717) is 16.5 Å². The molecule has 0 bridgehead atoms. The van der Waals surface area contributed by atoms with Crippen LogP contribution in [0, 0.1) is 5.92 Å². The molecular weight excluding hydrogens is 356 g/mol. The van der Waals surface area contributed by atoms with Crippen LogP contribution in [-0.4, -0.2) is 37.0 Å². The van der Waals surface area contributed by atoms with E-state index in [2.05, 4.69) is 30.1 Å². The fourth-order valence-corrected chi connectivity index (χ4v) is 4.23. The van der Waals surface area contributed by atoms with Crippen LogP contribution in [0.25, 0.3) is 0 Å². The van der Waals surface area contributed by atoms with Gasteiger partial charge in [-0.1, -0.05) is 63.6 Å². The van der Waals surface area contributed by atoms with Crippen molar-refractivity contribution in [3.63, 3.8) is 0 Å². The van der Waals surface area contributed by atoms with Gasteiger partial charge in [-0.2, -0.15) is 0 Å². The first kappa shape index (κ1) is 22.2. The van der Waals surface area contributed by atoms with Gasteiger partial charge in [-0.25, -0.2) is 0 Å². The van der Waals surface area contributed by atoms with Gasteiger partial charge in [0, 0.05) is 6.54 Å². The summed E-state index contributed by atoms with van der Waals surface area (Å²) in [5, 5.41) is 3.70. The van der Waals surface area contributed by atoms with Crippen molar-refractivity contribution in [2.75, 3.05) is 26.2 Å². The number of benzene rings is 1. The Hall–Kier alpha value is -1.06. The van der Waals surface area contributed by atoms with Crippen LogP contribution in [0.1, 0.15) is 81.1 Å². The molecule has 3 nitrogen and oxygen atoms in total. The first-order valence-corrected chi connectivity index (χ1v) is 11.3. The van der Waals surface area contributed by atoms with E-state index in [4.69, 9.17) is 11.6 Å². The molecule has 1 N–H and O–H groups in total. The number of amides is 1. The molecule has 2 rings (SSSR count). The molecule has 1 aromatic rings. The number of aryl methyl sites for hydroxylation is 1. The fourth-order valence-electron chi connectivity index (χ4n) is 4.03. The molecule has 1 amide bonds. The Kier molecular flexibility index (Phi) is 10.2. The number of hydrogen-bond acceptors (Lipinski definition) is 2. The molecule has 1 aliphatic rings. The largest absolute Gasteiger partial charge is 0.352 e. The molecule has 0 saturated heterocycles. The maximum absolute atomic E-state index is 12.7. The van der Waals surface area contributed by atoms with E-state index in [0.717, 1.165) is 39.0 Å². The summed E-state index contributed by atoms with van der Waals surface area (Å²) in [5.41, 5.74) is 1.82. The topological polar surface area (TPSA) is 32.3 Å². The molecule has 27 heavy (non-hydrogen) atoms. The van der Waals surface area contributed by atoms with Crippen molar-refractivity contribution in [3.8, 4) is 0 Å². The zero-order chi connectivity index (χ0) is 19.5. The Labute approximate surface area is 170 Å². The van der Waals surface area contributed by atoms with E-state index in [1.165, 1.54) is 50.5 Å². The smallest absolute Gasteiger partial charge is 0.252 e. The van der Waals surface area contributed by atoms with Gasteiger partial charge in [0.2, 0.25) is 0 Å². The molecule has 0 spiro atoms. The van der Waals surface area contributed by atoms with Gasteiger partial charge in [0.1, 0.15) is 0 Å². The standard InChI is InChI=1S/C23H37ClN2O/c1-3-26(4-2)16-10-13-19-14-15-22(24)21(17-19)23(27)25-18-20-11-8-6-5-7-9-12-20/h14-15,17,20H,3-13,16,18H2,1-2H3,(H,25,27). The number of nitrogens with one attached hydrogen (secondary N) is 1. The van der Waals surface area contributed by atoms with Crippen molar-refractivity contribution >= 4 is 17.5 Å². The Morgan fingerprint density at radius 1 is 1.11 bits per heavy atom. The van der Waals surface area contributed by atoms with E-state index < -0.39 is 0 Å². The van der Waals surface area contributed by atoms with Gasteiger partial charge in [-0.3, -0.25) is 4.79 Å². The van der Waals surface area contributed by atoms with Gasteiger partial charge < -0.3 is 10.2 Å². The first-order chi connectivity index (χ1) is 13.1. The summed E-state index contributed by atoms with van der Waals surface area (Å²) >= 11 is 6.32. The van der Waals surface area contributed by atoms with Gasteiger partial charge in [-0.15, -0.1) is 0 Å². The Bertz CT molecular complexity index is 563. The molecule has 1 fully saturated rings. The summed E-state index contributed by atoms with van der Waals surface area (Å²) in [5.74, 6) is 0.595. The van der Waals surface area contributed by atoms with E-state index in [-0.39, 0.29) is 5.91 Å². The van der Waals surface area contributed by atoms with E-state index in [9.17, 15) is 4.79 Å². The second-order valence-corrected chi connectivity index (χ2v) is 8.27. The lowest BCUT2D eigenvalue weighted by Crippen LogP contribution is -2.30. The summed E-state index contributed by atoms with van der Waals surface area (Å²) in [6.45, 7) is 8.45. The predicted octanol–water partition coefficient (Wildman–Crippen LogP) is 5.70. The minimum absolute atomic E-state index is 0.0207. The van der Waals surface area contributed by atoms with Crippen molar-refractivity contribution in [2.45, 2.75) is 71.6 Å². The highest BCUT2D eigenvalue weighted by Gasteiger charge is 2.15. The number of rotatable bonds is 9. The van der Waals surface area contributed by atoms with Gasteiger partial charge in [0.05, 0.1) is 10.6 Å². The number of carbonyl (C=O) groups is 1. The second kappa shape index (κ2) is 12.4. The minimum Gasteiger partial charge on any atom is -0.352 e. The highest BCUT2D eigenvalue weighted by atomic mass is 35.5. The number of halogens is 1. The van der Waals surface area contributed by atoms with E-state index >= 15 is 0 Å². The lowest BCUT2D eigenvalue weighted by atomic mass is 9.91.